The summed E-state index contributed by atoms with van der Waals surface area (Å²) in [5.74, 6) is 2.99. The van der Waals surface area contributed by atoms with Crippen molar-refractivity contribution >= 4 is 11.6 Å². The van der Waals surface area contributed by atoms with Crippen molar-refractivity contribution in [3.8, 4) is 6.19 Å². The second-order valence-corrected chi connectivity index (χ2v) is 3.71. The van der Waals surface area contributed by atoms with Crippen LogP contribution in [0.3, 0.4) is 0 Å². The van der Waals surface area contributed by atoms with Gasteiger partial charge in [-0.05, 0) is 19.1 Å². The van der Waals surface area contributed by atoms with Gasteiger partial charge in [-0.1, -0.05) is 0 Å². The molecule has 0 aliphatic rings. The lowest BCUT2D eigenvalue weighted by molar-refractivity contribution is 0.486. The van der Waals surface area contributed by atoms with E-state index in [-0.39, 0.29) is 0 Å². The zero-order chi connectivity index (χ0) is 12.8. The topological polar surface area (TPSA) is 86.8 Å². The third kappa shape index (κ3) is 3.22. The lowest BCUT2D eigenvalue weighted by Crippen LogP contribution is -2.06. The number of furan rings is 1. The minimum Gasteiger partial charge on any atom is -0.466 e. The van der Waals surface area contributed by atoms with Crippen LogP contribution in [0.2, 0.25) is 0 Å². The zero-order valence-corrected chi connectivity index (χ0v) is 9.97. The van der Waals surface area contributed by atoms with Crippen molar-refractivity contribution in [2.24, 2.45) is 0 Å². The number of hydrogen-bond acceptors (Lipinski definition) is 6. The maximum absolute atomic E-state index is 8.48. The number of nitriles is 1. The van der Waals surface area contributed by atoms with Crippen LogP contribution in [0.25, 0.3) is 0 Å². The van der Waals surface area contributed by atoms with E-state index in [0.29, 0.717) is 18.2 Å². The van der Waals surface area contributed by atoms with Gasteiger partial charge in [0.05, 0.1) is 0 Å². The van der Waals surface area contributed by atoms with Gasteiger partial charge >= 0.3 is 0 Å². The Kier molecular flexibility index (Phi) is 3.76. The van der Waals surface area contributed by atoms with E-state index >= 15 is 0 Å². The van der Waals surface area contributed by atoms with E-state index in [4.69, 9.17) is 9.68 Å². The molecule has 0 aliphatic heterocycles. The summed E-state index contributed by atoms with van der Waals surface area (Å²) in [6, 6.07) is 5.57. The van der Waals surface area contributed by atoms with Crippen LogP contribution < -0.4 is 10.6 Å². The van der Waals surface area contributed by atoms with Gasteiger partial charge in [-0.2, -0.15) is 5.26 Å². The van der Waals surface area contributed by atoms with Crippen molar-refractivity contribution < 1.29 is 4.42 Å². The Balaban J connectivity index is 1.86. The number of anilines is 2. The SMILES string of the molecule is Cc1ccc(CCNc2cc(NC#N)ncn2)o1. The molecule has 92 valence electrons. The molecule has 2 aromatic heterocycles. The highest BCUT2D eigenvalue weighted by molar-refractivity contribution is 5.48. The predicted molar refractivity (Wildman–Crippen MR) is 66.9 cm³/mol. The summed E-state index contributed by atoms with van der Waals surface area (Å²) in [7, 11) is 0. The van der Waals surface area contributed by atoms with Crippen LogP contribution in [0.5, 0.6) is 0 Å². The van der Waals surface area contributed by atoms with Gasteiger partial charge < -0.3 is 9.73 Å². The average molecular weight is 243 g/mol. The highest BCUT2D eigenvalue weighted by atomic mass is 16.3. The van der Waals surface area contributed by atoms with E-state index in [1.165, 1.54) is 6.33 Å². The van der Waals surface area contributed by atoms with Gasteiger partial charge in [0, 0.05) is 19.0 Å². The smallest absolute Gasteiger partial charge is 0.182 e. The van der Waals surface area contributed by atoms with Gasteiger partial charge in [0.25, 0.3) is 0 Å². The van der Waals surface area contributed by atoms with E-state index < -0.39 is 0 Å². The molecule has 0 aliphatic carbocycles. The number of hydrogen-bond donors (Lipinski definition) is 2. The number of rotatable bonds is 5. The molecule has 0 radical (unpaired) electrons. The summed E-state index contributed by atoms with van der Waals surface area (Å²) in [6.07, 6.45) is 3.99. The Morgan fingerprint density at radius 1 is 1.33 bits per heavy atom. The van der Waals surface area contributed by atoms with Gasteiger partial charge in [-0.15, -0.1) is 0 Å². The molecule has 0 bridgehead atoms. The molecule has 0 saturated heterocycles. The average Bonchev–Trinajstić information content (AvgIpc) is 2.76. The summed E-state index contributed by atoms with van der Waals surface area (Å²) in [4.78, 5) is 7.95. The molecule has 2 aromatic rings. The van der Waals surface area contributed by atoms with E-state index in [2.05, 4.69) is 20.6 Å². The molecule has 2 rings (SSSR count). The van der Waals surface area contributed by atoms with Crippen molar-refractivity contribution in [1.29, 1.82) is 5.26 Å². The molecule has 0 saturated carbocycles. The minimum atomic E-state index is 0.476. The van der Waals surface area contributed by atoms with Gasteiger partial charge in [0.15, 0.2) is 6.19 Å². The first-order valence-electron chi connectivity index (χ1n) is 5.54. The maximum atomic E-state index is 8.48. The molecule has 6 nitrogen and oxygen atoms in total. The molecule has 6 heteroatoms. The molecule has 18 heavy (non-hydrogen) atoms. The first kappa shape index (κ1) is 11.9. The molecule has 0 fully saturated rings. The summed E-state index contributed by atoms with van der Waals surface area (Å²) in [6.45, 7) is 2.62. The lowest BCUT2D eigenvalue weighted by Gasteiger charge is -2.04. The van der Waals surface area contributed by atoms with Gasteiger partial charge in [0.2, 0.25) is 0 Å². The third-order valence-electron chi connectivity index (χ3n) is 2.32. The predicted octanol–water partition coefficient (Wildman–Crippen LogP) is 1.93. The summed E-state index contributed by atoms with van der Waals surface area (Å²) in [5, 5.41) is 14.1. The summed E-state index contributed by atoms with van der Waals surface area (Å²) >= 11 is 0. The number of aryl methyl sites for hydroxylation is 1. The first-order chi connectivity index (χ1) is 8.78. The maximum Gasteiger partial charge on any atom is 0.182 e. The summed E-state index contributed by atoms with van der Waals surface area (Å²) < 4.78 is 5.46. The Morgan fingerprint density at radius 2 is 2.17 bits per heavy atom. The van der Waals surface area contributed by atoms with Crippen molar-refractivity contribution in [3.63, 3.8) is 0 Å². The lowest BCUT2D eigenvalue weighted by atomic mass is 10.3. The molecular weight excluding hydrogens is 230 g/mol. The Morgan fingerprint density at radius 3 is 2.89 bits per heavy atom. The van der Waals surface area contributed by atoms with Crippen molar-refractivity contribution in [2.75, 3.05) is 17.2 Å². The molecule has 0 atom stereocenters. The first-order valence-corrected chi connectivity index (χ1v) is 5.54. The van der Waals surface area contributed by atoms with Crippen LogP contribution in [0.4, 0.5) is 11.6 Å². The second-order valence-electron chi connectivity index (χ2n) is 3.71. The standard InChI is InChI=1S/C12H13N5O/c1-9-2-3-10(18-9)4-5-14-11-6-12(15-7-13)17-8-16-11/h2-3,6,8H,4-5H2,1H3,(H2,14,15,16,17). The normalized spacial score (nSPS) is 9.78. The quantitative estimate of drug-likeness (QED) is 0.616. The molecule has 0 unspecified atom stereocenters. The summed E-state index contributed by atoms with van der Waals surface area (Å²) in [5.41, 5.74) is 0. The van der Waals surface area contributed by atoms with Crippen LogP contribution in [0.1, 0.15) is 11.5 Å². The van der Waals surface area contributed by atoms with Crippen molar-refractivity contribution in [2.45, 2.75) is 13.3 Å². The van der Waals surface area contributed by atoms with Crippen LogP contribution in [-0.2, 0) is 6.42 Å². The van der Waals surface area contributed by atoms with Crippen molar-refractivity contribution in [3.05, 3.63) is 36.0 Å². The van der Waals surface area contributed by atoms with Crippen LogP contribution in [0.15, 0.2) is 28.9 Å². The number of nitrogens with zero attached hydrogens (tertiary/aromatic N) is 3. The molecule has 2 heterocycles. The van der Waals surface area contributed by atoms with E-state index in [0.717, 1.165) is 17.9 Å². The molecule has 0 amide bonds. The van der Waals surface area contributed by atoms with E-state index in [1.807, 2.05) is 25.2 Å². The third-order valence-corrected chi connectivity index (χ3v) is 2.32. The number of aromatic nitrogens is 2. The Labute approximate surface area is 105 Å². The second kappa shape index (κ2) is 5.68. The molecule has 2 N–H and O–H groups in total. The van der Waals surface area contributed by atoms with Gasteiger partial charge in [-0.3, -0.25) is 5.32 Å². The minimum absolute atomic E-state index is 0.476. The zero-order valence-electron chi connectivity index (χ0n) is 9.97. The van der Waals surface area contributed by atoms with Gasteiger partial charge in [-0.25, -0.2) is 9.97 Å². The monoisotopic (exact) mass is 243 g/mol. The fourth-order valence-electron chi connectivity index (χ4n) is 1.51. The fraction of sp³-hybridized carbons (Fsp3) is 0.250. The molecule has 0 aromatic carbocycles. The largest absolute Gasteiger partial charge is 0.466 e. The molecular formula is C12H13N5O. The van der Waals surface area contributed by atoms with Crippen LogP contribution >= 0.6 is 0 Å². The van der Waals surface area contributed by atoms with Crippen LogP contribution in [-0.4, -0.2) is 16.5 Å². The van der Waals surface area contributed by atoms with Gasteiger partial charge in [0.1, 0.15) is 29.5 Å². The Bertz CT molecular complexity index is 558. The molecule has 0 spiro atoms. The fourth-order valence-corrected chi connectivity index (χ4v) is 1.51. The van der Waals surface area contributed by atoms with Crippen LogP contribution in [0, 0.1) is 18.4 Å². The highest BCUT2D eigenvalue weighted by Crippen LogP contribution is 2.10. The highest BCUT2D eigenvalue weighted by Gasteiger charge is 2.00. The van der Waals surface area contributed by atoms with E-state index in [9.17, 15) is 0 Å². The van der Waals surface area contributed by atoms with Crippen molar-refractivity contribution in [1.82, 2.24) is 9.97 Å². The Hall–Kier alpha value is -2.55. The van der Waals surface area contributed by atoms with E-state index in [1.54, 1.807) is 6.07 Å². The number of nitrogens with one attached hydrogen (secondary N) is 2.